The third-order valence-corrected chi connectivity index (χ3v) is 3.84. The van der Waals surface area contributed by atoms with Crippen molar-refractivity contribution in [1.82, 2.24) is 0 Å². The van der Waals surface area contributed by atoms with Crippen LogP contribution in [0.3, 0.4) is 0 Å². The number of aromatic hydroxyl groups is 1. The molecule has 1 atom stereocenters. The second kappa shape index (κ2) is 6.18. The van der Waals surface area contributed by atoms with Gasteiger partial charge in [-0.1, -0.05) is 12.1 Å². The second-order valence-electron chi connectivity index (χ2n) is 4.78. The van der Waals surface area contributed by atoms with Crippen molar-refractivity contribution < 1.29 is 9.84 Å². The molecule has 0 aliphatic heterocycles. The van der Waals surface area contributed by atoms with Crippen LogP contribution in [0.5, 0.6) is 11.5 Å². The first-order valence-electron chi connectivity index (χ1n) is 6.41. The van der Waals surface area contributed by atoms with Crippen LogP contribution in [-0.2, 0) is 0 Å². The maximum absolute atomic E-state index is 10.0. The van der Waals surface area contributed by atoms with Gasteiger partial charge in [0.25, 0.3) is 0 Å². The van der Waals surface area contributed by atoms with Crippen LogP contribution in [0.2, 0.25) is 0 Å². The molecule has 3 nitrogen and oxygen atoms in total. The first kappa shape index (κ1) is 14.7. The molecule has 0 heterocycles. The Labute approximate surface area is 127 Å². The monoisotopic (exact) mass is 335 g/mol. The second-order valence-corrected chi connectivity index (χ2v) is 5.63. The minimum Gasteiger partial charge on any atom is -0.508 e. The molecule has 0 spiro atoms. The number of hydrogen-bond donors (Lipinski definition) is 2. The molecule has 4 heteroatoms. The van der Waals surface area contributed by atoms with Crippen molar-refractivity contribution in [3.63, 3.8) is 0 Å². The van der Waals surface area contributed by atoms with E-state index in [1.54, 1.807) is 13.2 Å². The number of aryl methyl sites for hydroxylation is 1. The summed E-state index contributed by atoms with van der Waals surface area (Å²) in [4.78, 5) is 0. The van der Waals surface area contributed by atoms with Crippen LogP contribution in [0, 0.1) is 6.92 Å². The Hall–Kier alpha value is -1.68. The molecule has 2 aromatic rings. The van der Waals surface area contributed by atoms with Gasteiger partial charge in [0.05, 0.1) is 17.6 Å². The minimum atomic E-state index is 0.00137. The van der Waals surface area contributed by atoms with Gasteiger partial charge in [0.2, 0.25) is 0 Å². The average molecular weight is 336 g/mol. The van der Waals surface area contributed by atoms with Gasteiger partial charge in [0, 0.05) is 17.3 Å². The summed E-state index contributed by atoms with van der Waals surface area (Å²) in [5, 5.41) is 13.4. The standard InChI is InChI=1S/C16H18BrNO2/c1-10-4-6-13(15(19)8-10)11(2)18-12-5-7-14(17)16(9-12)20-3/h4-9,11,18-19H,1-3H3. The average Bonchev–Trinajstić information content (AvgIpc) is 2.40. The summed E-state index contributed by atoms with van der Waals surface area (Å²) < 4.78 is 6.19. The van der Waals surface area contributed by atoms with Crippen LogP contribution in [0.4, 0.5) is 5.69 Å². The van der Waals surface area contributed by atoms with Crippen molar-refractivity contribution in [1.29, 1.82) is 0 Å². The molecule has 0 radical (unpaired) electrons. The maximum atomic E-state index is 10.0. The van der Waals surface area contributed by atoms with Crippen LogP contribution >= 0.6 is 15.9 Å². The van der Waals surface area contributed by atoms with E-state index in [1.165, 1.54) is 0 Å². The summed E-state index contributed by atoms with van der Waals surface area (Å²) in [7, 11) is 1.64. The molecular formula is C16H18BrNO2. The SMILES string of the molecule is COc1cc(NC(C)c2ccc(C)cc2O)ccc1Br. The van der Waals surface area contributed by atoms with Gasteiger partial charge in [-0.25, -0.2) is 0 Å². The van der Waals surface area contributed by atoms with Gasteiger partial charge in [-0.3, -0.25) is 0 Å². The van der Waals surface area contributed by atoms with Gasteiger partial charge in [-0.2, -0.15) is 0 Å². The number of rotatable bonds is 4. The van der Waals surface area contributed by atoms with E-state index in [4.69, 9.17) is 4.74 Å². The molecule has 0 saturated heterocycles. The molecule has 0 amide bonds. The summed E-state index contributed by atoms with van der Waals surface area (Å²) in [5.74, 6) is 1.09. The fourth-order valence-electron chi connectivity index (χ4n) is 2.10. The first-order valence-corrected chi connectivity index (χ1v) is 7.20. The van der Waals surface area contributed by atoms with Gasteiger partial charge in [0.1, 0.15) is 11.5 Å². The predicted octanol–water partition coefficient (Wildman–Crippen LogP) is 4.64. The number of nitrogens with one attached hydrogen (secondary N) is 1. The lowest BCUT2D eigenvalue weighted by Crippen LogP contribution is -2.07. The molecule has 0 aromatic heterocycles. The number of phenolic OH excluding ortho intramolecular Hbond substituents is 1. The largest absolute Gasteiger partial charge is 0.508 e. The van der Waals surface area contributed by atoms with Crippen LogP contribution < -0.4 is 10.1 Å². The van der Waals surface area contributed by atoms with E-state index in [0.29, 0.717) is 5.75 Å². The van der Waals surface area contributed by atoms with E-state index in [1.807, 2.05) is 44.2 Å². The Kier molecular flexibility index (Phi) is 4.55. The molecule has 0 saturated carbocycles. The highest BCUT2D eigenvalue weighted by atomic mass is 79.9. The number of ether oxygens (including phenoxy) is 1. The predicted molar refractivity (Wildman–Crippen MR) is 85.6 cm³/mol. The number of hydrogen-bond acceptors (Lipinski definition) is 3. The molecule has 2 N–H and O–H groups in total. The quantitative estimate of drug-likeness (QED) is 0.854. The van der Waals surface area contributed by atoms with Gasteiger partial charge in [0.15, 0.2) is 0 Å². The minimum absolute atomic E-state index is 0.00137. The Morgan fingerprint density at radius 3 is 2.60 bits per heavy atom. The summed E-state index contributed by atoms with van der Waals surface area (Å²) in [5.41, 5.74) is 2.86. The smallest absolute Gasteiger partial charge is 0.135 e. The summed E-state index contributed by atoms with van der Waals surface area (Å²) >= 11 is 3.43. The van der Waals surface area contributed by atoms with E-state index < -0.39 is 0 Å². The molecule has 106 valence electrons. The van der Waals surface area contributed by atoms with Gasteiger partial charge < -0.3 is 15.2 Å². The number of anilines is 1. The van der Waals surface area contributed by atoms with Crippen molar-refractivity contribution in [2.24, 2.45) is 0 Å². The Bertz CT molecular complexity index is 613. The lowest BCUT2D eigenvalue weighted by atomic mass is 10.0. The highest BCUT2D eigenvalue weighted by molar-refractivity contribution is 9.10. The van der Waals surface area contributed by atoms with Crippen molar-refractivity contribution >= 4 is 21.6 Å². The summed E-state index contributed by atoms with van der Waals surface area (Å²) in [6.45, 7) is 3.97. The zero-order valence-electron chi connectivity index (χ0n) is 11.8. The van der Waals surface area contributed by atoms with E-state index in [9.17, 15) is 5.11 Å². The molecular weight excluding hydrogens is 318 g/mol. The normalized spacial score (nSPS) is 12.0. The third kappa shape index (κ3) is 3.25. The fraction of sp³-hybridized carbons (Fsp3) is 0.250. The third-order valence-electron chi connectivity index (χ3n) is 3.19. The number of phenols is 1. The Morgan fingerprint density at radius 2 is 1.95 bits per heavy atom. The number of benzene rings is 2. The lowest BCUT2D eigenvalue weighted by molar-refractivity contribution is 0.412. The fourth-order valence-corrected chi connectivity index (χ4v) is 2.51. The zero-order chi connectivity index (χ0) is 14.7. The van der Waals surface area contributed by atoms with Gasteiger partial charge in [-0.15, -0.1) is 0 Å². The topological polar surface area (TPSA) is 41.5 Å². The van der Waals surface area contributed by atoms with Crippen molar-refractivity contribution in [3.05, 3.63) is 52.0 Å². The molecule has 2 aromatic carbocycles. The highest BCUT2D eigenvalue weighted by Gasteiger charge is 2.11. The zero-order valence-corrected chi connectivity index (χ0v) is 13.4. The van der Waals surface area contributed by atoms with Crippen molar-refractivity contribution in [2.45, 2.75) is 19.9 Å². The van der Waals surface area contributed by atoms with E-state index in [0.717, 1.165) is 27.0 Å². The molecule has 0 aliphatic carbocycles. The number of halogens is 1. The van der Waals surface area contributed by atoms with E-state index in [-0.39, 0.29) is 6.04 Å². The van der Waals surface area contributed by atoms with Gasteiger partial charge >= 0.3 is 0 Å². The Balaban J connectivity index is 2.21. The lowest BCUT2D eigenvalue weighted by Gasteiger charge is -2.18. The van der Waals surface area contributed by atoms with Crippen LogP contribution in [0.25, 0.3) is 0 Å². The van der Waals surface area contributed by atoms with Crippen LogP contribution in [0.1, 0.15) is 24.1 Å². The Morgan fingerprint density at radius 1 is 1.20 bits per heavy atom. The van der Waals surface area contributed by atoms with Crippen molar-refractivity contribution in [3.8, 4) is 11.5 Å². The molecule has 1 unspecified atom stereocenters. The van der Waals surface area contributed by atoms with E-state index >= 15 is 0 Å². The molecule has 0 fully saturated rings. The van der Waals surface area contributed by atoms with Crippen LogP contribution in [-0.4, -0.2) is 12.2 Å². The van der Waals surface area contributed by atoms with Crippen LogP contribution in [0.15, 0.2) is 40.9 Å². The maximum Gasteiger partial charge on any atom is 0.135 e. The molecule has 0 bridgehead atoms. The molecule has 2 rings (SSSR count). The molecule has 20 heavy (non-hydrogen) atoms. The van der Waals surface area contributed by atoms with E-state index in [2.05, 4.69) is 21.2 Å². The highest BCUT2D eigenvalue weighted by Crippen LogP contribution is 2.31. The summed E-state index contributed by atoms with van der Waals surface area (Å²) in [6.07, 6.45) is 0. The molecule has 0 aliphatic rings. The number of methoxy groups -OCH3 is 1. The van der Waals surface area contributed by atoms with Crippen molar-refractivity contribution in [2.75, 3.05) is 12.4 Å². The first-order chi connectivity index (χ1) is 9.51. The summed E-state index contributed by atoms with van der Waals surface area (Å²) in [6, 6.07) is 11.5. The van der Waals surface area contributed by atoms with Gasteiger partial charge in [-0.05, 0) is 53.5 Å².